The summed E-state index contributed by atoms with van der Waals surface area (Å²) in [6, 6.07) is 11.3. The molecule has 4 heterocycles. The molecule has 12 nitrogen and oxygen atoms in total. The molecule has 47 heavy (non-hydrogen) atoms. The second-order valence-corrected chi connectivity index (χ2v) is 12.3. The van der Waals surface area contributed by atoms with Crippen LogP contribution in [0, 0.1) is 0 Å². The molecule has 0 radical (unpaired) electrons. The lowest BCUT2D eigenvalue weighted by Gasteiger charge is -2.34. The molecule has 0 aliphatic carbocycles. The lowest BCUT2D eigenvalue weighted by atomic mass is 10.1. The zero-order valence-electron chi connectivity index (χ0n) is 27.5. The fraction of sp³-hybridized carbons (Fsp3) is 0.429. The fourth-order valence-corrected chi connectivity index (χ4v) is 6.43. The summed E-state index contributed by atoms with van der Waals surface area (Å²) in [5, 5.41) is 27.2. The molecule has 12 heteroatoms. The lowest BCUT2D eigenvalue weighted by molar-refractivity contribution is -0.112. The molecule has 1 saturated heterocycles. The molecule has 1 unspecified atom stereocenters. The molecule has 4 aromatic rings. The van der Waals surface area contributed by atoms with E-state index in [1.54, 1.807) is 22.5 Å². The standard InChI is InChI=1S/C35H44N10O2/c1-4-17-44-32(24-26(3)46)28(38-40-44)12-11-25(2)36-15-7-18-42-20-22-43(23-21-42)19-8-16-37-29-13-14-30-34-33(29)35(47)27-9-5-6-10-31(27)45(34)41-39-30/h4-6,9-11,13-14,17,24,28,36-37H,7-8,12,15-16,18-23H2,1-3H3/b17-4+,25-11+,32-24-. The van der Waals surface area contributed by atoms with Gasteiger partial charge in [0.15, 0.2) is 11.2 Å². The van der Waals surface area contributed by atoms with Crippen molar-refractivity contribution in [2.45, 2.75) is 46.1 Å². The van der Waals surface area contributed by atoms with Gasteiger partial charge in [0.1, 0.15) is 17.1 Å². The summed E-state index contributed by atoms with van der Waals surface area (Å²) in [5.74, 6) is -0.00473. The van der Waals surface area contributed by atoms with Crippen LogP contribution in [0.15, 0.2) is 87.4 Å². The number of piperazine rings is 1. The summed E-state index contributed by atoms with van der Waals surface area (Å²) >= 11 is 0. The van der Waals surface area contributed by atoms with Gasteiger partial charge in [0.05, 0.1) is 16.6 Å². The van der Waals surface area contributed by atoms with Crippen LogP contribution >= 0.6 is 0 Å². The summed E-state index contributed by atoms with van der Waals surface area (Å²) in [6.07, 6.45) is 10.2. The number of hydrogen-bond donors (Lipinski definition) is 2. The van der Waals surface area contributed by atoms with Crippen LogP contribution in [-0.2, 0) is 4.79 Å². The highest BCUT2D eigenvalue weighted by molar-refractivity contribution is 6.06. The molecule has 2 aromatic heterocycles. The summed E-state index contributed by atoms with van der Waals surface area (Å²) in [6.45, 7) is 13.6. The van der Waals surface area contributed by atoms with E-state index in [-0.39, 0.29) is 17.3 Å². The Labute approximate surface area is 274 Å². The van der Waals surface area contributed by atoms with Crippen LogP contribution < -0.4 is 16.1 Å². The molecule has 0 saturated carbocycles. The van der Waals surface area contributed by atoms with E-state index in [9.17, 15) is 9.59 Å². The van der Waals surface area contributed by atoms with Gasteiger partial charge in [0.25, 0.3) is 0 Å². The van der Waals surface area contributed by atoms with E-state index >= 15 is 0 Å². The average Bonchev–Trinajstić information content (AvgIpc) is 3.68. The highest BCUT2D eigenvalue weighted by Gasteiger charge is 2.24. The predicted molar refractivity (Wildman–Crippen MR) is 186 cm³/mol. The molecule has 0 spiro atoms. The van der Waals surface area contributed by atoms with Crippen molar-refractivity contribution < 1.29 is 4.79 Å². The van der Waals surface area contributed by atoms with Crippen molar-refractivity contribution >= 4 is 38.8 Å². The van der Waals surface area contributed by atoms with E-state index in [0.29, 0.717) is 17.2 Å². The first-order valence-electron chi connectivity index (χ1n) is 16.6. The highest BCUT2D eigenvalue weighted by Crippen LogP contribution is 2.28. The molecule has 2 N–H and O–H groups in total. The number of ketones is 1. The van der Waals surface area contributed by atoms with Crippen molar-refractivity contribution in [3.63, 3.8) is 0 Å². The molecule has 1 atom stereocenters. The van der Waals surface area contributed by atoms with E-state index in [1.165, 1.54) is 0 Å². The van der Waals surface area contributed by atoms with Gasteiger partial charge in [-0.15, -0.1) is 5.10 Å². The number of benzene rings is 2. The minimum absolute atomic E-state index is 0.00473. The first kappa shape index (κ1) is 32.3. The second-order valence-electron chi connectivity index (χ2n) is 12.3. The summed E-state index contributed by atoms with van der Waals surface area (Å²) in [5.41, 5.74) is 5.09. The van der Waals surface area contributed by atoms with Crippen LogP contribution in [0.4, 0.5) is 5.69 Å². The zero-order valence-corrected chi connectivity index (χ0v) is 27.5. The van der Waals surface area contributed by atoms with Gasteiger partial charge in [-0.2, -0.15) is 5.11 Å². The van der Waals surface area contributed by atoms with Crippen LogP contribution in [-0.4, -0.2) is 93.8 Å². The largest absolute Gasteiger partial charge is 0.389 e. The number of para-hydroxylation sites is 1. The number of rotatable bonds is 14. The maximum Gasteiger partial charge on any atom is 0.199 e. The third kappa shape index (κ3) is 7.34. The molecular formula is C35H44N10O2. The molecule has 6 rings (SSSR count). The van der Waals surface area contributed by atoms with Crippen molar-refractivity contribution in [2.24, 2.45) is 10.3 Å². The van der Waals surface area contributed by atoms with Crippen molar-refractivity contribution in [3.8, 4) is 0 Å². The van der Waals surface area contributed by atoms with E-state index in [4.69, 9.17) is 0 Å². The topological polar surface area (TPSA) is 123 Å². The number of carbonyl (C=O) groups is 1. The van der Waals surface area contributed by atoms with E-state index in [1.807, 2.05) is 55.6 Å². The number of fused-ring (bicyclic) bond motifs is 2. The molecule has 2 aliphatic heterocycles. The fourth-order valence-electron chi connectivity index (χ4n) is 6.43. The first-order chi connectivity index (χ1) is 22.9. The number of hydrogen-bond acceptors (Lipinski definition) is 11. The van der Waals surface area contributed by atoms with Crippen LogP contribution in [0.25, 0.3) is 27.3 Å². The predicted octanol–water partition coefficient (Wildman–Crippen LogP) is 4.58. The smallest absolute Gasteiger partial charge is 0.199 e. The van der Waals surface area contributed by atoms with E-state index in [2.05, 4.69) is 54.1 Å². The van der Waals surface area contributed by atoms with Crippen LogP contribution in [0.1, 0.15) is 40.0 Å². The molecule has 246 valence electrons. The monoisotopic (exact) mass is 636 g/mol. The SMILES string of the molecule is C/C=C/N1N=NC(C/C=C(\C)NCCCN2CCN(CCCNc3ccc4nnn5c6ccccc6c(=O)c3c45)CC2)/C1=C/C(C)=O. The van der Waals surface area contributed by atoms with Crippen molar-refractivity contribution in [3.05, 3.63) is 82.4 Å². The minimum Gasteiger partial charge on any atom is -0.389 e. The molecule has 0 amide bonds. The molecule has 0 bridgehead atoms. The molecule has 2 aromatic carbocycles. The normalized spacial score (nSPS) is 19.0. The lowest BCUT2D eigenvalue weighted by Crippen LogP contribution is -2.47. The van der Waals surface area contributed by atoms with Gasteiger partial charge in [-0.25, -0.2) is 9.52 Å². The van der Waals surface area contributed by atoms with E-state index < -0.39 is 0 Å². The Kier molecular flexibility index (Phi) is 10.2. The van der Waals surface area contributed by atoms with Crippen molar-refractivity contribution in [1.82, 2.24) is 35.0 Å². The van der Waals surface area contributed by atoms with Gasteiger partial charge in [-0.1, -0.05) is 34.7 Å². The Morgan fingerprint density at radius 2 is 1.74 bits per heavy atom. The van der Waals surface area contributed by atoms with Gasteiger partial charge in [-0.3, -0.25) is 9.59 Å². The maximum atomic E-state index is 13.4. The summed E-state index contributed by atoms with van der Waals surface area (Å²) < 4.78 is 1.79. The van der Waals surface area contributed by atoms with Gasteiger partial charge in [0, 0.05) is 68.3 Å². The Bertz CT molecular complexity index is 1890. The number of nitrogens with zero attached hydrogens (tertiary/aromatic N) is 8. The Morgan fingerprint density at radius 1 is 1.00 bits per heavy atom. The highest BCUT2D eigenvalue weighted by atomic mass is 16.1. The van der Waals surface area contributed by atoms with Crippen LogP contribution in [0.5, 0.6) is 0 Å². The minimum atomic E-state index is -0.147. The maximum absolute atomic E-state index is 13.4. The molecule has 1 fully saturated rings. The van der Waals surface area contributed by atoms with Crippen LogP contribution in [0.2, 0.25) is 0 Å². The van der Waals surface area contributed by atoms with Crippen LogP contribution in [0.3, 0.4) is 0 Å². The van der Waals surface area contributed by atoms with Gasteiger partial charge in [-0.05, 0) is 77.4 Å². The van der Waals surface area contributed by atoms with Gasteiger partial charge in [0.2, 0.25) is 0 Å². The Balaban J connectivity index is 0.897. The Hall–Kier alpha value is -4.68. The van der Waals surface area contributed by atoms with Crippen molar-refractivity contribution in [2.75, 3.05) is 57.7 Å². The molecular weight excluding hydrogens is 592 g/mol. The first-order valence-corrected chi connectivity index (χ1v) is 16.6. The number of allylic oxidation sites excluding steroid dienone is 3. The Morgan fingerprint density at radius 3 is 2.49 bits per heavy atom. The quantitative estimate of drug-likeness (QED) is 0.116. The number of pyridine rings is 1. The van der Waals surface area contributed by atoms with E-state index in [0.717, 1.165) is 98.8 Å². The number of aromatic nitrogens is 3. The average molecular weight is 637 g/mol. The molecule has 2 aliphatic rings. The number of nitrogens with one attached hydrogen (secondary N) is 2. The summed E-state index contributed by atoms with van der Waals surface area (Å²) in [4.78, 5) is 30.2. The van der Waals surface area contributed by atoms with Crippen molar-refractivity contribution in [1.29, 1.82) is 0 Å². The van der Waals surface area contributed by atoms with Gasteiger partial charge < -0.3 is 20.4 Å². The van der Waals surface area contributed by atoms with Gasteiger partial charge >= 0.3 is 0 Å². The second kappa shape index (κ2) is 14.8. The third-order valence-corrected chi connectivity index (χ3v) is 8.88. The zero-order chi connectivity index (χ0) is 32.8. The third-order valence-electron chi connectivity index (χ3n) is 8.88. The number of anilines is 1. The number of carbonyl (C=O) groups excluding carboxylic acids is 1. The summed E-state index contributed by atoms with van der Waals surface area (Å²) in [7, 11) is 0.